The van der Waals surface area contributed by atoms with Crippen LogP contribution < -0.4 is 15.4 Å². The molecule has 2 N–H and O–H groups in total. The fourth-order valence-corrected chi connectivity index (χ4v) is 2.01. The largest absolute Gasteiger partial charge is 0.484 e. The van der Waals surface area contributed by atoms with Crippen molar-refractivity contribution in [3.63, 3.8) is 0 Å². The van der Waals surface area contributed by atoms with Gasteiger partial charge in [-0.2, -0.15) is 0 Å². The monoisotopic (exact) mass is 352 g/mol. The Kier molecular flexibility index (Phi) is 4.80. The first-order valence-electron chi connectivity index (χ1n) is 6.17. The summed E-state index contributed by atoms with van der Waals surface area (Å²) in [5.41, 5.74) is 6.95. The molecule has 2 aromatic carbocycles. The average molecular weight is 353 g/mol. The van der Waals surface area contributed by atoms with Crippen LogP contribution in [0.3, 0.4) is 0 Å². The van der Waals surface area contributed by atoms with E-state index in [1.54, 1.807) is 31.3 Å². The van der Waals surface area contributed by atoms with Gasteiger partial charge in [-0.05, 0) is 58.4 Å². The molecule has 0 saturated carbocycles. The molecule has 2 rings (SSSR count). The molecule has 0 spiro atoms. The van der Waals surface area contributed by atoms with Crippen molar-refractivity contribution in [2.75, 3.05) is 24.3 Å². The Labute approximate surface area is 130 Å². The Balaban J connectivity index is 1.97. The topological polar surface area (TPSA) is 55.6 Å². The van der Waals surface area contributed by atoms with Gasteiger partial charge in [0.25, 0.3) is 5.91 Å². The van der Waals surface area contributed by atoms with E-state index in [0.717, 1.165) is 5.69 Å². The van der Waals surface area contributed by atoms with Gasteiger partial charge in [0.1, 0.15) is 11.6 Å². The number of halogens is 2. The summed E-state index contributed by atoms with van der Waals surface area (Å²) in [7, 11) is 1.65. The van der Waals surface area contributed by atoms with E-state index in [0.29, 0.717) is 15.9 Å². The first-order chi connectivity index (χ1) is 9.97. The smallest absolute Gasteiger partial charge is 0.264 e. The summed E-state index contributed by atoms with van der Waals surface area (Å²) in [5.74, 6) is -0.185. The number of ether oxygens (including phenoxy) is 1. The van der Waals surface area contributed by atoms with Crippen LogP contribution in [0, 0.1) is 5.82 Å². The van der Waals surface area contributed by atoms with Gasteiger partial charge in [0, 0.05) is 18.4 Å². The Hall–Kier alpha value is -2.08. The van der Waals surface area contributed by atoms with Crippen LogP contribution in [0.1, 0.15) is 0 Å². The second-order valence-electron chi connectivity index (χ2n) is 4.41. The second-order valence-corrected chi connectivity index (χ2v) is 5.26. The van der Waals surface area contributed by atoms with Crippen molar-refractivity contribution in [3.8, 4) is 5.75 Å². The van der Waals surface area contributed by atoms with Crippen molar-refractivity contribution < 1.29 is 13.9 Å². The van der Waals surface area contributed by atoms with Gasteiger partial charge in [-0.1, -0.05) is 0 Å². The van der Waals surface area contributed by atoms with Crippen LogP contribution in [-0.2, 0) is 4.79 Å². The molecule has 110 valence electrons. The number of carbonyl (C=O) groups is 1. The van der Waals surface area contributed by atoms with Crippen molar-refractivity contribution in [1.82, 2.24) is 0 Å². The fourth-order valence-electron chi connectivity index (χ4n) is 1.65. The summed E-state index contributed by atoms with van der Waals surface area (Å²) >= 11 is 3.06. The summed E-state index contributed by atoms with van der Waals surface area (Å²) in [4.78, 5) is 13.5. The second kappa shape index (κ2) is 6.58. The molecular formula is C15H14BrFN2O2. The third-order valence-corrected chi connectivity index (χ3v) is 3.52. The maximum atomic E-state index is 13.1. The Morgan fingerprint density at radius 1 is 1.29 bits per heavy atom. The molecule has 6 heteroatoms. The lowest BCUT2D eigenvalue weighted by Crippen LogP contribution is -2.31. The van der Waals surface area contributed by atoms with E-state index in [4.69, 9.17) is 10.5 Å². The molecular weight excluding hydrogens is 339 g/mol. The molecule has 0 aromatic heterocycles. The van der Waals surface area contributed by atoms with Gasteiger partial charge < -0.3 is 15.4 Å². The molecule has 4 nitrogen and oxygen atoms in total. The van der Waals surface area contributed by atoms with Gasteiger partial charge in [-0.15, -0.1) is 0 Å². The van der Waals surface area contributed by atoms with Gasteiger partial charge in [0.15, 0.2) is 6.61 Å². The molecule has 0 aliphatic heterocycles. The molecule has 0 aliphatic rings. The number of nitrogen functional groups attached to an aromatic ring is 1. The van der Waals surface area contributed by atoms with Crippen LogP contribution in [0.5, 0.6) is 5.75 Å². The highest BCUT2D eigenvalue weighted by Crippen LogP contribution is 2.22. The van der Waals surface area contributed by atoms with Crippen LogP contribution in [-0.4, -0.2) is 19.6 Å². The summed E-state index contributed by atoms with van der Waals surface area (Å²) in [6.45, 7) is -0.140. The highest BCUT2D eigenvalue weighted by molar-refractivity contribution is 9.10. The lowest BCUT2D eigenvalue weighted by Gasteiger charge is -2.17. The molecule has 1 amide bonds. The SMILES string of the molecule is CN(C(=O)COc1ccc(F)c(Br)c1)c1ccc(N)cc1. The minimum atomic E-state index is -0.382. The van der Waals surface area contributed by atoms with Crippen molar-refractivity contribution in [3.05, 3.63) is 52.8 Å². The summed E-state index contributed by atoms with van der Waals surface area (Å²) in [5, 5.41) is 0. The highest BCUT2D eigenvalue weighted by atomic mass is 79.9. The molecule has 0 aliphatic carbocycles. The number of likely N-dealkylation sites (N-methyl/N-ethyl adjacent to an activating group) is 1. The molecule has 0 saturated heterocycles. The number of rotatable bonds is 4. The molecule has 0 heterocycles. The van der Waals surface area contributed by atoms with Crippen LogP contribution in [0.4, 0.5) is 15.8 Å². The van der Waals surface area contributed by atoms with Crippen molar-refractivity contribution in [2.24, 2.45) is 0 Å². The Bertz CT molecular complexity index is 647. The number of hydrogen-bond acceptors (Lipinski definition) is 3. The summed E-state index contributed by atoms with van der Waals surface area (Å²) in [6.07, 6.45) is 0. The Morgan fingerprint density at radius 3 is 2.57 bits per heavy atom. The fraction of sp³-hybridized carbons (Fsp3) is 0.133. The summed E-state index contributed by atoms with van der Waals surface area (Å²) in [6, 6.07) is 11.2. The first kappa shape index (κ1) is 15.3. The summed E-state index contributed by atoms with van der Waals surface area (Å²) < 4.78 is 18.7. The van der Waals surface area contributed by atoms with Gasteiger partial charge in [-0.3, -0.25) is 4.79 Å². The number of nitrogens with two attached hydrogens (primary N) is 1. The van der Waals surface area contributed by atoms with Gasteiger partial charge in [0.05, 0.1) is 4.47 Å². The maximum absolute atomic E-state index is 13.1. The predicted molar refractivity (Wildman–Crippen MR) is 83.9 cm³/mol. The first-order valence-corrected chi connectivity index (χ1v) is 6.96. The quantitative estimate of drug-likeness (QED) is 0.859. The van der Waals surface area contributed by atoms with E-state index in [1.165, 1.54) is 23.1 Å². The lowest BCUT2D eigenvalue weighted by atomic mass is 10.2. The number of carbonyl (C=O) groups excluding carboxylic acids is 1. The zero-order valence-corrected chi connectivity index (χ0v) is 12.9. The molecule has 0 unspecified atom stereocenters. The molecule has 0 radical (unpaired) electrons. The highest BCUT2D eigenvalue weighted by Gasteiger charge is 2.12. The molecule has 2 aromatic rings. The van der Waals surface area contributed by atoms with E-state index in [2.05, 4.69) is 15.9 Å². The van der Waals surface area contributed by atoms with E-state index >= 15 is 0 Å². The average Bonchev–Trinajstić information content (AvgIpc) is 2.48. The van der Waals surface area contributed by atoms with Crippen LogP contribution in [0.25, 0.3) is 0 Å². The van der Waals surface area contributed by atoms with Crippen molar-refractivity contribution in [1.29, 1.82) is 0 Å². The van der Waals surface area contributed by atoms with Crippen LogP contribution >= 0.6 is 15.9 Å². The van der Waals surface area contributed by atoms with E-state index in [9.17, 15) is 9.18 Å². The van der Waals surface area contributed by atoms with E-state index in [1.807, 2.05) is 0 Å². The zero-order valence-electron chi connectivity index (χ0n) is 11.3. The molecule has 0 bridgehead atoms. The Morgan fingerprint density at radius 2 is 1.95 bits per heavy atom. The standard InChI is InChI=1S/C15H14BrFN2O2/c1-19(11-4-2-10(18)3-5-11)15(20)9-21-12-6-7-14(17)13(16)8-12/h2-8H,9,18H2,1H3. The van der Waals surface area contributed by atoms with Gasteiger partial charge in [-0.25, -0.2) is 4.39 Å². The zero-order chi connectivity index (χ0) is 15.4. The number of anilines is 2. The number of amides is 1. The van der Waals surface area contributed by atoms with E-state index in [-0.39, 0.29) is 18.3 Å². The lowest BCUT2D eigenvalue weighted by molar-refractivity contribution is -0.120. The maximum Gasteiger partial charge on any atom is 0.264 e. The predicted octanol–water partition coefficient (Wildman–Crippen LogP) is 3.21. The number of nitrogens with zero attached hydrogens (tertiary/aromatic N) is 1. The van der Waals surface area contributed by atoms with Gasteiger partial charge >= 0.3 is 0 Å². The van der Waals surface area contributed by atoms with Crippen LogP contribution in [0.15, 0.2) is 46.9 Å². The van der Waals surface area contributed by atoms with Gasteiger partial charge in [0.2, 0.25) is 0 Å². The molecule has 0 atom stereocenters. The molecule has 0 fully saturated rings. The van der Waals surface area contributed by atoms with E-state index < -0.39 is 0 Å². The van der Waals surface area contributed by atoms with Crippen molar-refractivity contribution in [2.45, 2.75) is 0 Å². The minimum absolute atomic E-state index is 0.140. The minimum Gasteiger partial charge on any atom is -0.484 e. The van der Waals surface area contributed by atoms with Crippen LogP contribution in [0.2, 0.25) is 0 Å². The number of hydrogen-bond donors (Lipinski definition) is 1. The van der Waals surface area contributed by atoms with Crippen molar-refractivity contribution >= 4 is 33.2 Å². The molecule has 21 heavy (non-hydrogen) atoms. The third-order valence-electron chi connectivity index (χ3n) is 2.91. The number of benzene rings is 2. The normalized spacial score (nSPS) is 10.2. The third kappa shape index (κ3) is 3.95.